The molecule has 0 bridgehead atoms. The van der Waals surface area contributed by atoms with Crippen LogP contribution in [0.3, 0.4) is 0 Å². The van der Waals surface area contributed by atoms with Crippen molar-refractivity contribution >= 4 is 17.7 Å². The summed E-state index contributed by atoms with van der Waals surface area (Å²) in [6, 6.07) is 1.39. The van der Waals surface area contributed by atoms with Crippen LogP contribution < -0.4 is 9.47 Å². The van der Waals surface area contributed by atoms with Gasteiger partial charge in [-0.2, -0.15) is 0 Å². The van der Waals surface area contributed by atoms with Crippen LogP contribution in [0, 0.1) is 5.82 Å². The second kappa shape index (κ2) is 5.52. The fourth-order valence-corrected chi connectivity index (χ4v) is 3.16. The summed E-state index contributed by atoms with van der Waals surface area (Å²) in [5, 5.41) is 9.04. The van der Waals surface area contributed by atoms with Crippen LogP contribution in [0.2, 0.25) is 0 Å². The minimum atomic E-state index is -0.891. The molecular weight excluding hydrogens is 283 g/mol. The first kappa shape index (κ1) is 15.0. The van der Waals surface area contributed by atoms with Gasteiger partial charge in [0.2, 0.25) is 0 Å². The average molecular weight is 300 g/mol. The molecule has 0 aliphatic heterocycles. The van der Waals surface area contributed by atoms with Crippen molar-refractivity contribution in [1.29, 1.82) is 0 Å². The summed E-state index contributed by atoms with van der Waals surface area (Å²) < 4.78 is 24.9. The van der Waals surface area contributed by atoms with Gasteiger partial charge in [-0.15, -0.1) is 11.8 Å². The van der Waals surface area contributed by atoms with Gasteiger partial charge in [-0.25, -0.2) is 4.39 Å². The molecule has 0 unspecified atom stereocenters. The summed E-state index contributed by atoms with van der Waals surface area (Å²) >= 11 is 1.23. The number of methoxy groups -OCH3 is 2. The number of hydrogen-bond donors (Lipinski definition) is 1. The van der Waals surface area contributed by atoms with Gasteiger partial charge < -0.3 is 14.6 Å². The van der Waals surface area contributed by atoms with E-state index in [-0.39, 0.29) is 6.42 Å². The first-order chi connectivity index (χ1) is 9.49. The molecule has 6 heteroatoms. The molecular formula is C14H17FO4S. The number of hydrogen-bond acceptors (Lipinski definition) is 4. The summed E-state index contributed by atoms with van der Waals surface area (Å²) in [5.74, 6) is -0.511. The lowest BCUT2D eigenvalue weighted by atomic mass is 9.91. The van der Waals surface area contributed by atoms with Crippen molar-refractivity contribution in [2.24, 2.45) is 0 Å². The maximum absolute atomic E-state index is 14.2. The van der Waals surface area contributed by atoms with E-state index in [0.717, 1.165) is 12.8 Å². The fourth-order valence-electron chi connectivity index (χ4n) is 2.55. The molecule has 1 aliphatic rings. The topological polar surface area (TPSA) is 55.8 Å². The van der Waals surface area contributed by atoms with Crippen molar-refractivity contribution in [3.05, 3.63) is 17.4 Å². The van der Waals surface area contributed by atoms with E-state index in [2.05, 4.69) is 0 Å². The Kier molecular flexibility index (Phi) is 4.13. The van der Waals surface area contributed by atoms with E-state index in [1.54, 1.807) is 6.26 Å². The zero-order valence-electron chi connectivity index (χ0n) is 11.7. The van der Waals surface area contributed by atoms with Crippen LogP contribution in [0.15, 0.2) is 11.0 Å². The predicted molar refractivity (Wildman–Crippen MR) is 74.4 cm³/mol. The number of thioether (sulfide) groups is 1. The number of carbonyl (C=O) groups is 1. The normalized spacial score (nSPS) is 15.8. The minimum absolute atomic E-state index is 0.0232. The zero-order chi connectivity index (χ0) is 14.9. The first-order valence-corrected chi connectivity index (χ1v) is 7.42. The summed E-state index contributed by atoms with van der Waals surface area (Å²) in [6.45, 7) is 0. The van der Waals surface area contributed by atoms with E-state index < -0.39 is 17.2 Å². The molecule has 0 aromatic heterocycles. The molecule has 110 valence electrons. The second-order valence-electron chi connectivity index (χ2n) is 4.86. The van der Waals surface area contributed by atoms with E-state index in [4.69, 9.17) is 14.6 Å². The molecule has 1 fully saturated rings. The SMILES string of the molecule is COc1c(C2(CC(=O)O)CC2)cc(F)c(SC)c1OC. The summed E-state index contributed by atoms with van der Waals surface area (Å²) in [6.07, 6.45) is 3.17. The Bertz CT molecular complexity index is 540. The molecule has 1 aromatic rings. The summed E-state index contributed by atoms with van der Waals surface area (Å²) in [5.41, 5.74) is 0.0666. The average Bonchev–Trinajstić information content (AvgIpc) is 3.17. The molecule has 1 saturated carbocycles. The largest absolute Gasteiger partial charge is 0.493 e. The minimum Gasteiger partial charge on any atom is -0.493 e. The maximum atomic E-state index is 14.2. The molecule has 1 N–H and O–H groups in total. The highest BCUT2D eigenvalue weighted by atomic mass is 32.2. The van der Waals surface area contributed by atoms with Crippen LogP contribution in [0.5, 0.6) is 11.5 Å². The molecule has 0 radical (unpaired) electrons. The molecule has 0 spiro atoms. The van der Waals surface area contributed by atoms with Gasteiger partial charge in [0.05, 0.1) is 25.5 Å². The lowest BCUT2D eigenvalue weighted by Gasteiger charge is -2.21. The van der Waals surface area contributed by atoms with E-state index in [1.807, 2.05) is 0 Å². The van der Waals surface area contributed by atoms with Crippen LogP contribution in [0.25, 0.3) is 0 Å². The van der Waals surface area contributed by atoms with Crippen LogP contribution in [0.4, 0.5) is 4.39 Å². The standard InChI is InChI=1S/C14H17FO4S/c1-18-11-8(14(4-5-14)7-10(16)17)6-9(15)13(20-3)12(11)19-2/h6H,4-5,7H2,1-3H3,(H,16,17). The van der Waals surface area contributed by atoms with Crippen molar-refractivity contribution in [2.45, 2.75) is 29.6 Å². The van der Waals surface area contributed by atoms with Crippen molar-refractivity contribution in [3.63, 3.8) is 0 Å². The van der Waals surface area contributed by atoms with Gasteiger partial charge in [0, 0.05) is 11.0 Å². The monoisotopic (exact) mass is 300 g/mol. The highest BCUT2D eigenvalue weighted by Crippen LogP contribution is 2.57. The predicted octanol–water partition coefficient (Wildman–Crippen LogP) is 3.07. The Labute approximate surface area is 121 Å². The van der Waals surface area contributed by atoms with Crippen molar-refractivity contribution in [1.82, 2.24) is 0 Å². The number of ether oxygens (including phenoxy) is 2. The quantitative estimate of drug-likeness (QED) is 0.818. The first-order valence-electron chi connectivity index (χ1n) is 6.20. The number of halogens is 1. The third-order valence-corrected chi connectivity index (χ3v) is 4.46. The Morgan fingerprint density at radius 3 is 2.40 bits per heavy atom. The number of rotatable bonds is 6. The van der Waals surface area contributed by atoms with Gasteiger partial charge in [-0.3, -0.25) is 4.79 Å². The highest BCUT2D eigenvalue weighted by Gasteiger charge is 2.49. The molecule has 20 heavy (non-hydrogen) atoms. The van der Waals surface area contributed by atoms with Gasteiger partial charge >= 0.3 is 5.97 Å². The fraction of sp³-hybridized carbons (Fsp3) is 0.500. The number of carboxylic acid groups (broad SMARTS) is 1. The third-order valence-electron chi connectivity index (χ3n) is 3.67. The molecule has 0 heterocycles. The molecule has 1 aromatic carbocycles. The number of benzene rings is 1. The zero-order valence-corrected chi connectivity index (χ0v) is 12.5. The van der Waals surface area contributed by atoms with Gasteiger partial charge in [-0.1, -0.05) is 0 Å². The Morgan fingerprint density at radius 1 is 1.40 bits per heavy atom. The molecule has 2 rings (SSSR count). The number of carboxylic acids is 1. The molecule has 0 amide bonds. The van der Waals surface area contributed by atoms with Crippen molar-refractivity contribution < 1.29 is 23.8 Å². The van der Waals surface area contributed by atoms with Crippen LogP contribution in [-0.4, -0.2) is 31.6 Å². The van der Waals surface area contributed by atoms with Crippen LogP contribution in [-0.2, 0) is 10.2 Å². The molecule has 1 aliphatic carbocycles. The summed E-state index contributed by atoms with van der Waals surface area (Å²) in [7, 11) is 2.94. The smallest absolute Gasteiger partial charge is 0.304 e. The molecule has 0 saturated heterocycles. The Balaban J connectivity index is 2.59. The van der Waals surface area contributed by atoms with Crippen molar-refractivity contribution in [3.8, 4) is 11.5 Å². The van der Waals surface area contributed by atoms with Gasteiger partial charge in [0.1, 0.15) is 5.82 Å². The lowest BCUT2D eigenvalue weighted by molar-refractivity contribution is -0.137. The molecule has 4 nitrogen and oxygen atoms in total. The number of aliphatic carboxylic acids is 1. The van der Waals surface area contributed by atoms with E-state index in [9.17, 15) is 9.18 Å². The van der Waals surface area contributed by atoms with E-state index >= 15 is 0 Å². The van der Waals surface area contributed by atoms with Gasteiger partial charge in [-0.05, 0) is 25.2 Å². The van der Waals surface area contributed by atoms with Crippen molar-refractivity contribution in [2.75, 3.05) is 20.5 Å². The molecule has 0 atom stereocenters. The van der Waals surface area contributed by atoms with Crippen LogP contribution in [0.1, 0.15) is 24.8 Å². The Morgan fingerprint density at radius 2 is 2.00 bits per heavy atom. The van der Waals surface area contributed by atoms with Gasteiger partial charge in [0.25, 0.3) is 0 Å². The van der Waals surface area contributed by atoms with Crippen LogP contribution >= 0.6 is 11.8 Å². The Hall–Kier alpha value is -1.43. The maximum Gasteiger partial charge on any atom is 0.304 e. The van der Waals surface area contributed by atoms with E-state index in [1.165, 1.54) is 32.0 Å². The third kappa shape index (κ3) is 2.44. The lowest BCUT2D eigenvalue weighted by Crippen LogP contribution is -2.15. The second-order valence-corrected chi connectivity index (χ2v) is 5.67. The van der Waals surface area contributed by atoms with Gasteiger partial charge in [0.15, 0.2) is 11.5 Å². The van der Waals surface area contributed by atoms with E-state index in [0.29, 0.717) is 22.0 Å². The summed E-state index contributed by atoms with van der Waals surface area (Å²) in [4.78, 5) is 11.4. The highest BCUT2D eigenvalue weighted by molar-refractivity contribution is 7.98.